The number of aromatic nitrogens is 3. The minimum Gasteiger partial charge on any atom is -0.496 e. The van der Waals surface area contributed by atoms with E-state index >= 15 is 0 Å². The molecular formula is C15H15F6N3O3S. The van der Waals surface area contributed by atoms with Crippen molar-refractivity contribution in [2.24, 2.45) is 7.05 Å². The average molecular weight is 431 g/mol. The van der Waals surface area contributed by atoms with Crippen molar-refractivity contribution in [1.29, 1.82) is 0 Å². The fraction of sp³-hybridized carbons (Fsp3) is 0.467. The Bertz CT molecular complexity index is 809. The number of rotatable bonds is 7. The van der Waals surface area contributed by atoms with Crippen LogP contribution in [0.25, 0.3) is 0 Å². The molecule has 0 saturated carbocycles. The molecular weight excluding hydrogens is 416 g/mol. The second-order valence-electron chi connectivity index (χ2n) is 5.29. The molecule has 0 spiro atoms. The quantitative estimate of drug-likeness (QED) is 0.454. The van der Waals surface area contributed by atoms with Crippen LogP contribution in [-0.2, 0) is 13.2 Å². The fourth-order valence-electron chi connectivity index (χ4n) is 1.95. The van der Waals surface area contributed by atoms with Gasteiger partial charge in [-0.3, -0.25) is 0 Å². The van der Waals surface area contributed by atoms with Gasteiger partial charge in [-0.2, -0.15) is 36.4 Å². The molecule has 0 saturated heterocycles. The van der Waals surface area contributed by atoms with Crippen molar-refractivity contribution in [2.75, 3.05) is 7.11 Å². The first kappa shape index (κ1) is 22.0. The highest BCUT2D eigenvalue weighted by Crippen LogP contribution is 2.37. The van der Waals surface area contributed by atoms with E-state index in [1.165, 1.54) is 33.2 Å². The van der Waals surface area contributed by atoms with Gasteiger partial charge in [-0.15, -0.1) is 0 Å². The zero-order chi connectivity index (χ0) is 21.1. The summed E-state index contributed by atoms with van der Waals surface area (Å²) in [5.74, 6) is -0.630. The molecule has 2 heterocycles. The number of hydrogen-bond acceptors (Lipinski definition) is 6. The van der Waals surface area contributed by atoms with E-state index in [2.05, 4.69) is 10.1 Å². The first-order valence-corrected chi connectivity index (χ1v) is 8.55. The maximum Gasteiger partial charge on any atom is 0.445 e. The van der Waals surface area contributed by atoms with E-state index in [0.29, 0.717) is 6.07 Å². The highest BCUT2D eigenvalue weighted by molar-refractivity contribution is 8.00. The summed E-state index contributed by atoms with van der Waals surface area (Å²) in [5.41, 5.74) is -6.96. The van der Waals surface area contributed by atoms with Crippen molar-refractivity contribution >= 4 is 11.8 Å². The first-order chi connectivity index (χ1) is 12.9. The van der Waals surface area contributed by atoms with Gasteiger partial charge in [0, 0.05) is 25.2 Å². The lowest BCUT2D eigenvalue weighted by Crippen LogP contribution is -2.18. The van der Waals surface area contributed by atoms with Gasteiger partial charge in [0.15, 0.2) is 11.1 Å². The highest BCUT2D eigenvalue weighted by Gasteiger charge is 2.35. The summed E-state index contributed by atoms with van der Waals surface area (Å²) in [5, 5.41) is 3.29. The van der Waals surface area contributed by atoms with Crippen LogP contribution in [0.4, 0.5) is 26.3 Å². The van der Waals surface area contributed by atoms with Crippen LogP contribution in [0.2, 0.25) is 0 Å². The van der Waals surface area contributed by atoms with Gasteiger partial charge < -0.3 is 14.2 Å². The number of methoxy groups -OCH3 is 1. The van der Waals surface area contributed by atoms with Gasteiger partial charge in [-0.25, -0.2) is 4.68 Å². The largest absolute Gasteiger partial charge is 0.496 e. The Hall–Kier alpha value is -2.31. The average Bonchev–Trinajstić information content (AvgIpc) is 2.93. The van der Waals surface area contributed by atoms with Crippen molar-refractivity contribution < 1.29 is 40.6 Å². The Labute approximate surface area is 159 Å². The van der Waals surface area contributed by atoms with Crippen LogP contribution < -0.4 is 14.2 Å². The van der Waals surface area contributed by atoms with E-state index in [1.54, 1.807) is 0 Å². The molecule has 0 aliphatic rings. The minimum absolute atomic E-state index is 0.0237. The molecule has 13 heteroatoms. The van der Waals surface area contributed by atoms with Crippen LogP contribution in [0, 0.1) is 0 Å². The molecule has 2 rings (SSSR count). The SMILES string of the molecule is CCC(Oc1cc(OC)cc(Oc2cc(C(F)(F)F)nn2C)n1)SC(F)(F)F. The normalized spacial score (nSPS) is 13.3. The van der Waals surface area contributed by atoms with E-state index in [-0.39, 0.29) is 41.6 Å². The summed E-state index contributed by atoms with van der Waals surface area (Å²) in [4.78, 5) is 3.88. The van der Waals surface area contributed by atoms with Crippen LogP contribution in [0.3, 0.4) is 0 Å². The lowest BCUT2D eigenvalue weighted by Gasteiger charge is -2.18. The summed E-state index contributed by atoms with van der Waals surface area (Å²) >= 11 is -0.354. The van der Waals surface area contributed by atoms with E-state index < -0.39 is 22.8 Å². The molecule has 0 radical (unpaired) electrons. The molecule has 0 aromatic carbocycles. The first-order valence-electron chi connectivity index (χ1n) is 7.67. The molecule has 6 nitrogen and oxygen atoms in total. The van der Waals surface area contributed by atoms with Crippen molar-refractivity contribution in [3.63, 3.8) is 0 Å². The van der Waals surface area contributed by atoms with Gasteiger partial charge in [-0.1, -0.05) is 6.92 Å². The molecule has 0 aliphatic heterocycles. The van der Waals surface area contributed by atoms with Gasteiger partial charge in [0.05, 0.1) is 7.11 Å². The number of ether oxygens (including phenoxy) is 3. The van der Waals surface area contributed by atoms with Crippen molar-refractivity contribution in [3.8, 4) is 23.4 Å². The Kier molecular flexibility index (Phi) is 6.57. The fourth-order valence-corrected chi connectivity index (χ4v) is 2.57. The van der Waals surface area contributed by atoms with E-state index in [1.807, 2.05) is 0 Å². The molecule has 28 heavy (non-hydrogen) atoms. The second-order valence-corrected chi connectivity index (χ2v) is 6.52. The van der Waals surface area contributed by atoms with Crippen LogP contribution >= 0.6 is 11.8 Å². The predicted octanol–water partition coefficient (Wildman–Crippen LogP) is 5.00. The third-order valence-corrected chi connectivity index (χ3v) is 4.13. The Morgan fingerprint density at radius 1 is 1.11 bits per heavy atom. The van der Waals surface area contributed by atoms with Crippen molar-refractivity contribution in [2.45, 2.75) is 30.5 Å². The van der Waals surface area contributed by atoms with E-state index in [0.717, 1.165) is 4.68 Å². The van der Waals surface area contributed by atoms with Gasteiger partial charge in [0.2, 0.25) is 17.6 Å². The van der Waals surface area contributed by atoms with Crippen LogP contribution in [0.15, 0.2) is 18.2 Å². The molecule has 0 fully saturated rings. The Morgan fingerprint density at radius 3 is 2.25 bits per heavy atom. The highest BCUT2D eigenvalue weighted by atomic mass is 32.2. The molecule has 156 valence electrons. The summed E-state index contributed by atoms with van der Waals surface area (Å²) in [6.07, 6.45) is -4.64. The zero-order valence-electron chi connectivity index (χ0n) is 14.8. The number of hydrogen-bond donors (Lipinski definition) is 0. The number of halogens is 6. The second kappa shape index (κ2) is 8.37. The van der Waals surface area contributed by atoms with Crippen LogP contribution in [-0.4, -0.2) is 32.8 Å². The number of alkyl halides is 6. The molecule has 0 N–H and O–H groups in total. The Morgan fingerprint density at radius 2 is 1.75 bits per heavy atom. The van der Waals surface area contributed by atoms with Crippen LogP contribution in [0.5, 0.6) is 23.4 Å². The standard InChI is InChI=1S/C15H15F6N3O3S/c1-4-13(28-15(19,20)21)27-11-6-8(25-3)5-10(22-11)26-12-7-9(14(16,17)18)23-24(12)2/h5-7,13H,4H2,1-3H3. The maximum absolute atomic E-state index is 12.7. The smallest absolute Gasteiger partial charge is 0.445 e. The van der Waals surface area contributed by atoms with E-state index in [9.17, 15) is 26.3 Å². The van der Waals surface area contributed by atoms with Crippen molar-refractivity contribution in [1.82, 2.24) is 14.8 Å². The molecule has 2 aromatic heterocycles. The number of nitrogens with zero attached hydrogens (tertiary/aromatic N) is 3. The summed E-state index contributed by atoms with van der Waals surface area (Å²) in [7, 11) is 2.52. The number of thioether (sulfide) groups is 1. The lowest BCUT2D eigenvalue weighted by atomic mass is 10.4. The Balaban J connectivity index is 2.26. The summed E-state index contributed by atoms with van der Waals surface area (Å²) in [6, 6.07) is 3.14. The summed E-state index contributed by atoms with van der Waals surface area (Å²) < 4.78 is 92.3. The lowest BCUT2D eigenvalue weighted by molar-refractivity contribution is -0.141. The zero-order valence-corrected chi connectivity index (χ0v) is 15.6. The molecule has 0 amide bonds. The van der Waals surface area contributed by atoms with E-state index in [4.69, 9.17) is 14.2 Å². The molecule has 0 bridgehead atoms. The molecule has 1 atom stereocenters. The molecule has 2 aromatic rings. The maximum atomic E-state index is 12.7. The van der Waals surface area contributed by atoms with Crippen LogP contribution in [0.1, 0.15) is 19.0 Å². The number of pyridine rings is 1. The third kappa shape index (κ3) is 6.11. The van der Waals surface area contributed by atoms with Crippen molar-refractivity contribution in [3.05, 3.63) is 23.9 Å². The molecule has 1 unspecified atom stereocenters. The predicted molar refractivity (Wildman–Crippen MR) is 87.4 cm³/mol. The van der Waals surface area contributed by atoms with Gasteiger partial charge in [0.25, 0.3) is 0 Å². The molecule has 0 aliphatic carbocycles. The topological polar surface area (TPSA) is 58.4 Å². The minimum atomic E-state index is -4.67. The van der Waals surface area contributed by atoms with Gasteiger partial charge in [-0.05, 0) is 18.2 Å². The summed E-state index contributed by atoms with van der Waals surface area (Å²) in [6.45, 7) is 1.50. The van der Waals surface area contributed by atoms with Gasteiger partial charge in [0.1, 0.15) is 5.75 Å². The number of aryl methyl sites for hydroxylation is 1. The monoisotopic (exact) mass is 431 g/mol. The third-order valence-electron chi connectivity index (χ3n) is 3.17. The van der Waals surface area contributed by atoms with Gasteiger partial charge >= 0.3 is 11.7 Å².